The molecule has 0 unspecified atom stereocenters. The Morgan fingerprint density at radius 3 is 2.81 bits per heavy atom. The fourth-order valence-electron chi connectivity index (χ4n) is 3.30. The molecule has 7 heteroatoms. The highest BCUT2D eigenvalue weighted by atomic mass is 32.1. The monoisotopic (exact) mass is 379 g/mol. The number of carbonyl (C=O) groups excluding carboxylic acids is 1. The predicted molar refractivity (Wildman–Crippen MR) is 107 cm³/mol. The molecule has 1 aromatic carbocycles. The second kappa shape index (κ2) is 7.08. The van der Waals surface area contributed by atoms with E-state index in [1.807, 2.05) is 55.6 Å². The van der Waals surface area contributed by atoms with Crippen LogP contribution < -0.4 is 5.32 Å². The van der Waals surface area contributed by atoms with Crippen LogP contribution in [0.15, 0.2) is 30.3 Å². The summed E-state index contributed by atoms with van der Waals surface area (Å²) in [5, 5.41) is 8.38. The average molecular weight is 379 g/mol. The van der Waals surface area contributed by atoms with E-state index in [1.165, 1.54) is 0 Å². The van der Waals surface area contributed by atoms with Crippen LogP contribution in [0.4, 0.5) is 0 Å². The van der Waals surface area contributed by atoms with E-state index < -0.39 is 0 Å². The van der Waals surface area contributed by atoms with E-state index in [0.717, 1.165) is 43.5 Å². The fraction of sp³-hybridized carbons (Fsp3) is 0.300. The Labute approximate surface area is 161 Å². The normalized spacial score (nSPS) is 11.4. The van der Waals surface area contributed by atoms with Gasteiger partial charge in [0.15, 0.2) is 5.65 Å². The summed E-state index contributed by atoms with van der Waals surface area (Å²) in [6.45, 7) is 6.44. The largest absolute Gasteiger partial charge is 0.350 e. The van der Waals surface area contributed by atoms with Crippen LogP contribution in [0.25, 0.3) is 15.9 Å². The number of fused-ring (bicyclic) bond motifs is 2. The number of carbonyl (C=O) groups is 1. The van der Waals surface area contributed by atoms with Gasteiger partial charge in [0.2, 0.25) is 5.91 Å². The molecule has 0 radical (unpaired) electrons. The molecule has 4 aromatic rings. The van der Waals surface area contributed by atoms with Crippen LogP contribution in [0.5, 0.6) is 0 Å². The van der Waals surface area contributed by atoms with Crippen LogP contribution >= 0.6 is 11.3 Å². The van der Waals surface area contributed by atoms with Gasteiger partial charge in [-0.25, -0.2) is 14.5 Å². The van der Waals surface area contributed by atoms with Crippen molar-refractivity contribution in [2.45, 2.75) is 40.2 Å². The molecule has 4 rings (SSSR count). The van der Waals surface area contributed by atoms with Gasteiger partial charge in [-0.15, -0.1) is 11.3 Å². The van der Waals surface area contributed by atoms with Crippen molar-refractivity contribution in [2.24, 2.45) is 0 Å². The lowest BCUT2D eigenvalue weighted by Gasteiger charge is -2.11. The van der Waals surface area contributed by atoms with Gasteiger partial charge in [-0.1, -0.05) is 12.1 Å². The molecular formula is C20H21N5OS. The van der Waals surface area contributed by atoms with Crippen molar-refractivity contribution < 1.29 is 4.79 Å². The second-order valence-electron chi connectivity index (χ2n) is 6.67. The molecular weight excluding hydrogens is 358 g/mol. The van der Waals surface area contributed by atoms with E-state index in [4.69, 9.17) is 0 Å². The van der Waals surface area contributed by atoms with Crippen molar-refractivity contribution in [2.75, 3.05) is 0 Å². The molecule has 27 heavy (non-hydrogen) atoms. The zero-order chi connectivity index (χ0) is 19.0. The van der Waals surface area contributed by atoms with Gasteiger partial charge in [0.05, 0.1) is 22.5 Å². The first kappa shape index (κ1) is 17.6. The molecule has 0 atom stereocenters. The Morgan fingerprint density at radius 1 is 1.19 bits per heavy atom. The molecule has 3 aromatic heterocycles. The number of nitrogens with one attached hydrogen (secondary N) is 1. The summed E-state index contributed by atoms with van der Waals surface area (Å²) in [5.41, 5.74) is 5.86. The Kier molecular flexibility index (Phi) is 4.61. The molecule has 0 fully saturated rings. The lowest BCUT2D eigenvalue weighted by Crippen LogP contribution is -2.23. The number of benzene rings is 1. The summed E-state index contributed by atoms with van der Waals surface area (Å²) >= 11 is 1.61. The van der Waals surface area contributed by atoms with Crippen molar-refractivity contribution in [1.82, 2.24) is 24.9 Å². The van der Waals surface area contributed by atoms with E-state index in [0.29, 0.717) is 19.4 Å². The third-order valence-corrected chi connectivity index (χ3v) is 5.70. The van der Waals surface area contributed by atoms with Crippen molar-refractivity contribution in [3.05, 3.63) is 58.0 Å². The number of amides is 1. The van der Waals surface area contributed by atoms with Crippen molar-refractivity contribution in [1.29, 1.82) is 0 Å². The molecule has 3 heterocycles. The molecule has 0 aliphatic rings. The molecule has 6 nitrogen and oxygen atoms in total. The maximum absolute atomic E-state index is 12.3. The molecule has 0 saturated heterocycles. The van der Waals surface area contributed by atoms with Crippen molar-refractivity contribution in [3.63, 3.8) is 0 Å². The molecule has 0 bridgehead atoms. The summed E-state index contributed by atoms with van der Waals surface area (Å²) in [7, 11) is 0. The molecule has 0 aliphatic heterocycles. The molecule has 0 spiro atoms. The third kappa shape index (κ3) is 3.55. The minimum Gasteiger partial charge on any atom is -0.350 e. The average Bonchev–Trinajstić information content (AvgIpc) is 3.22. The lowest BCUT2D eigenvalue weighted by atomic mass is 10.1. The first-order valence-corrected chi connectivity index (χ1v) is 9.76. The van der Waals surface area contributed by atoms with Crippen LogP contribution in [0.1, 0.15) is 34.1 Å². The molecule has 1 N–H and O–H groups in total. The van der Waals surface area contributed by atoms with E-state index in [-0.39, 0.29) is 5.91 Å². The highest BCUT2D eigenvalue weighted by molar-refractivity contribution is 7.18. The number of thiazole rings is 1. The lowest BCUT2D eigenvalue weighted by molar-refractivity contribution is -0.121. The summed E-state index contributed by atoms with van der Waals surface area (Å²) in [6, 6.07) is 9.97. The smallest absolute Gasteiger partial charge is 0.220 e. The number of nitrogens with zero attached hydrogens (tertiary/aromatic N) is 4. The Morgan fingerprint density at radius 2 is 2.00 bits per heavy atom. The fourth-order valence-corrected chi connectivity index (χ4v) is 4.21. The Bertz CT molecular complexity index is 1110. The van der Waals surface area contributed by atoms with E-state index >= 15 is 0 Å². The second-order valence-corrected chi connectivity index (χ2v) is 7.78. The maximum atomic E-state index is 12.3. The van der Waals surface area contributed by atoms with Crippen LogP contribution in [0, 0.1) is 20.8 Å². The third-order valence-electron chi connectivity index (χ3n) is 4.66. The maximum Gasteiger partial charge on any atom is 0.220 e. The van der Waals surface area contributed by atoms with Crippen LogP contribution in [-0.2, 0) is 17.8 Å². The van der Waals surface area contributed by atoms with Gasteiger partial charge in [-0.05, 0) is 44.9 Å². The Hall–Kier alpha value is -2.80. The summed E-state index contributed by atoms with van der Waals surface area (Å²) in [4.78, 5) is 21.5. The number of aryl methyl sites for hydroxylation is 3. The number of hydrogen-bond acceptors (Lipinski definition) is 5. The zero-order valence-corrected chi connectivity index (χ0v) is 16.4. The highest BCUT2D eigenvalue weighted by Crippen LogP contribution is 2.21. The van der Waals surface area contributed by atoms with Gasteiger partial charge >= 0.3 is 0 Å². The Balaban J connectivity index is 1.41. The number of aromatic nitrogens is 4. The first-order chi connectivity index (χ1) is 13.0. The number of hydrogen-bond donors (Lipinski definition) is 1. The topological polar surface area (TPSA) is 72.2 Å². The van der Waals surface area contributed by atoms with Gasteiger partial charge in [0, 0.05) is 23.9 Å². The van der Waals surface area contributed by atoms with E-state index in [1.54, 1.807) is 11.3 Å². The standard InChI is InChI=1S/C20H21N5OS/c1-12-10-18-22-13(2)15(14(3)25(18)24-12)8-9-19(26)21-11-20-23-16-6-4-5-7-17(16)27-20/h4-7,10H,8-9,11H2,1-3H3,(H,21,26). The highest BCUT2D eigenvalue weighted by Gasteiger charge is 2.13. The van der Waals surface area contributed by atoms with Gasteiger partial charge < -0.3 is 5.32 Å². The minimum atomic E-state index is 0.0183. The van der Waals surface area contributed by atoms with Gasteiger partial charge in [0.1, 0.15) is 5.01 Å². The van der Waals surface area contributed by atoms with Crippen LogP contribution in [-0.4, -0.2) is 25.5 Å². The summed E-state index contributed by atoms with van der Waals surface area (Å²) in [5.74, 6) is 0.0183. The SMILES string of the molecule is Cc1cc2nc(C)c(CCC(=O)NCc3nc4ccccc4s3)c(C)n2n1. The molecule has 0 aliphatic carbocycles. The van der Waals surface area contributed by atoms with E-state index in [9.17, 15) is 4.79 Å². The minimum absolute atomic E-state index is 0.0183. The summed E-state index contributed by atoms with van der Waals surface area (Å²) < 4.78 is 3.00. The van der Waals surface area contributed by atoms with Gasteiger partial charge in [-0.2, -0.15) is 5.10 Å². The van der Waals surface area contributed by atoms with Crippen LogP contribution in [0.3, 0.4) is 0 Å². The zero-order valence-electron chi connectivity index (χ0n) is 15.6. The van der Waals surface area contributed by atoms with E-state index in [2.05, 4.69) is 20.4 Å². The van der Waals surface area contributed by atoms with Crippen LogP contribution in [0.2, 0.25) is 0 Å². The van der Waals surface area contributed by atoms with Gasteiger partial charge in [-0.3, -0.25) is 4.79 Å². The molecule has 1 amide bonds. The van der Waals surface area contributed by atoms with Crippen molar-refractivity contribution in [3.8, 4) is 0 Å². The molecule has 0 saturated carbocycles. The number of rotatable bonds is 5. The number of para-hydroxylation sites is 1. The molecule has 138 valence electrons. The summed E-state index contributed by atoms with van der Waals surface area (Å²) in [6.07, 6.45) is 1.06. The predicted octanol–water partition coefficient (Wildman–Crippen LogP) is 3.51. The quantitative estimate of drug-likeness (QED) is 0.576. The first-order valence-electron chi connectivity index (χ1n) is 8.95. The van der Waals surface area contributed by atoms with Crippen molar-refractivity contribution >= 4 is 33.1 Å². The van der Waals surface area contributed by atoms with Gasteiger partial charge in [0.25, 0.3) is 0 Å².